The number of likely N-dealkylation sites (tertiary alicyclic amines) is 1. The Morgan fingerprint density at radius 1 is 1.18 bits per heavy atom. The molecule has 2 aromatic heterocycles. The van der Waals surface area contributed by atoms with E-state index in [-0.39, 0.29) is 5.54 Å². The van der Waals surface area contributed by atoms with Crippen molar-refractivity contribution in [2.45, 2.75) is 38.6 Å². The smallest absolute Gasteiger partial charge is 0.103 e. The van der Waals surface area contributed by atoms with Crippen molar-refractivity contribution in [3.63, 3.8) is 0 Å². The lowest BCUT2D eigenvalue weighted by atomic mass is 9.78. The third-order valence-corrected chi connectivity index (χ3v) is 6.79. The molecule has 5 rings (SSSR count). The fourth-order valence-corrected chi connectivity index (χ4v) is 5.00. The molecule has 2 aliphatic heterocycles. The van der Waals surface area contributed by atoms with Gasteiger partial charge in [-0.25, -0.2) is 4.68 Å². The van der Waals surface area contributed by atoms with Gasteiger partial charge in [-0.1, -0.05) is 6.92 Å². The number of aromatic nitrogens is 4. The summed E-state index contributed by atoms with van der Waals surface area (Å²) in [4.78, 5) is 2.64. The molecule has 2 atom stereocenters. The Morgan fingerprint density at radius 2 is 2.00 bits per heavy atom. The molecule has 148 valence electrons. The lowest BCUT2D eigenvalue weighted by molar-refractivity contribution is -0.141. The summed E-state index contributed by atoms with van der Waals surface area (Å²) in [5.41, 5.74) is 5.27. The molecular weight excluding hydrogens is 350 g/mol. The standard InChI is InChI=1S/C22H29N5O/c1-15-7-17-9-24-27(18-10-23-25(4)12-18)21(17)8-20(15)19-5-6-26(11-16(19)2)22(3)13-28-14-22/h7-10,12,16,19H,5-6,11,13-14H2,1-4H3/t16-,19-/m0/s1. The van der Waals surface area contributed by atoms with Crippen LogP contribution in [0.4, 0.5) is 0 Å². The van der Waals surface area contributed by atoms with Crippen molar-refractivity contribution in [3.05, 3.63) is 41.9 Å². The van der Waals surface area contributed by atoms with E-state index in [0.717, 1.165) is 32.0 Å². The first-order valence-corrected chi connectivity index (χ1v) is 10.2. The highest BCUT2D eigenvalue weighted by atomic mass is 16.5. The van der Waals surface area contributed by atoms with Gasteiger partial charge in [-0.2, -0.15) is 10.2 Å². The van der Waals surface area contributed by atoms with Gasteiger partial charge in [0.2, 0.25) is 0 Å². The largest absolute Gasteiger partial charge is 0.377 e. The zero-order valence-corrected chi connectivity index (χ0v) is 17.2. The van der Waals surface area contributed by atoms with Crippen LogP contribution in [0.5, 0.6) is 0 Å². The molecule has 2 saturated heterocycles. The monoisotopic (exact) mass is 379 g/mol. The predicted octanol–water partition coefficient (Wildman–Crippen LogP) is 3.28. The Morgan fingerprint density at radius 3 is 2.64 bits per heavy atom. The van der Waals surface area contributed by atoms with E-state index in [0.29, 0.717) is 11.8 Å². The zero-order chi connectivity index (χ0) is 19.5. The van der Waals surface area contributed by atoms with Gasteiger partial charge in [-0.15, -0.1) is 0 Å². The van der Waals surface area contributed by atoms with Crippen LogP contribution in [0.15, 0.2) is 30.7 Å². The van der Waals surface area contributed by atoms with Crippen molar-refractivity contribution in [3.8, 4) is 5.69 Å². The second-order valence-corrected chi connectivity index (χ2v) is 9.00. The Labute approximate surface area is 166 Å². The molecule has 0 unspecified atom stereocenters. The Balaban J connectivity index is 1.48. The Kier molecular flexibility index (Phi) is 4.10. The minimum Gasteiger partial charge on any atom is -0.377 e. The first-order chi connectivity index (χ1) is 13.4. The second kappa shape index (κ2) is 6.42. The van der Waals surface area contributed by atoms with Gasteiger partial charge in [0.05, 0.1) is 42.9 Å². The van der Waals surface area contributed by atoms with Crippen LogP contribution in [0.1, 0.15) is 37.3 Å². The van der Waals surface area contributed by atoms with E-state index in [2.05, 4.69) is 48.0 Å². The molecule has 2 aliphatic rings. The molecule has 3 aromatic rings. The highest BCUT2D eigenvalue weighted by molar-refractivity contribution is 5.82. The van der Waals surface area contributed by atoms with Crippen molar-refractivity contribution in [1.29, 1.82) is 0 Å². The molecule has 0 aliphatic carbocycles. The van der Waals surface area contributed by atoms with Gasteiger partial charge in [0.1, 0.15) is 5.69 Å². The summed E-state index contributed by atoms with van der Waals surface area (Å²) in [6, 6.07) is 4.67. The number of benzene rings is 1. The average Bonchev–Trinajstić information content (AvgIpc) is 3.24. The van der Waals surface area contributed by atoms with Gasteiger partial charge in [0.25, 0.3) is 0 Å². The van der Waals surface area contributed by atoms with Crippen LogP contribution in [0.2, 0.25) is 0 Å². The molecule has 2 fully saturated rings. The molecule has 0 spiro atoms. The molecule has 0 radical (unpaired) electrons. The molecule has 28 heavy (non-hydrogen) atoms. The van der Waals surface area contributed by atoms with Crippen molar-refractivity contribution >= 4 is 10.9 Å². The van der Waals surface area contributed by atoms with E-state index < -0.39 is 0 Å². The summed E-state index contributed by atoms with van der Waals surface area (Å²) in [7, 11) is 1.94. The van der Waals surface area contributed by atoms with Crippen molar-refractivity contribution < 1.29 is 4.74 Å². The predicted molar refractivity (Wildman–Crippen MR) is 110 cm³/mol. The summed E-state index contributed by atoms with van der Waals surface area (Å²) in [5.74, 6) is 1.21. The number of hydrogen-bond donors (Lipinski definition) is 0. The fourth-order valence-electron chi connectivity index (χ4n) is 5.00. The van der Waals surface area contributed by atoms with Crippen LogP contribution < -0.4 is 0 Å². The third kappa shape index (κ3) is 2.78. The van der Waals surface area contributed by atoms with Crippen LogP contribution >= 0.6 is 0 Å². The van der Waals surface area contributed by atoms with Gasteiger partial charge >= 0.3 is 0 Å². The lowest BCUT2D eigenvalue weighted by Crippen LogP contribution is -2.62. The molecule has 4 heterocycles. The summed E-state index contributed by atoms with van der Waals surface area (Å²) >= 11 is 0. The summed E-state index contributed by atoms with van der Waals surface area (Å²) in [6.07, 6.45) is 7.04. The quantitative estimate of drug-likeness (QED) is 0.701. The average molecular weight is 380 g/mol. The second-order valence-electron chi connectivity index (χ2n) is 9.00. The number of hydrogen-bond acceptors (Lipinski definition) is 4. The van der Waals surface area contributed by atoms with Crippen molar-refractivity contribution in [2.24, 2.45) is 13.0 Å². The number of rotatable bonds is 3. The summed E-state index contributed by atoms with van der Waals surface area (Å²) in [6.45, 7) is 11.0. The number of nitrogens with zero attached hydrogens (tertiary/aromatic N) is 5. The van der Waals surface area contributed by atoms with Gasteiger partial charge < -0.3 is 4.74 Å². The van der Waals surface area contributed by atoms with Crippen LogP contribution in [-0.2, 0) is 11.8 Å². The molecule has 0 N–H and O–H groups in total. The normalized spacial score (nSPS) is 25.1. The van der Waals surface area contributed by atoms with E-state index >= 15 is 0 Å². The molecule has 0 bridgehead atoms. The van der Waals surface area contributed by atoms with Crippen molar-refractivity contribution in [2.75, 3.05) is 26.3 Å². The molecule has 6 nitrogen and oxygen atoms in total. The summed E-state index contributed by atoms with van der Waals surface area (Å²) in [5, 5.41) is 10.1. The van der Waals surface area contributed by atoms with E-state index in [1.807, 2.05) is 35.0 Å². The maximum atomic E-state index is 5.49. The van der Waals surface area contributed by atoms with Gasteiger partial charge in [-0.05, 0) is 61.9 Å². The minimum atomic E-state index is 0.247. The summed E-state index contributed by atoms with van der Waals surface area (Å²) < 4.78 is 9.33. The lowest BCUT2D eigenvalue weighted by Gasteiger charge is -2.51. The van der Waals surface area contributed by atoms with Crippen LogP contribution in [0.3, 0.4) is 0 Å². The number of ether oxygens (including phenoxy) is 1. The first kappa shape index (κ1) is 17.9. The van der Waals surface area contributed by atoms with Gasteiger partial charge in [0, 0.05) is 19.0 Å². The molecule has 0 amide bonds. The van der Waals surface area contributed by atoms with Crippen molar-refractivity contribution in [1.82, 2.24) is 24.5 Å². The third-order valence-electron chi connectivity index (χ3n) is 6.79. The van der Waals surface area contributed by atoms with Gasteiger partial charge in [-0.3, -0.25) is 9.58 Å². The Bertz CT molecular complexity index is 1020. The molecule has 1 aromatic carbocycles. The maximum absolute atomic E-state index is 5.49. The first-order valence-electron chi connectivity index (χ1n) is 10.2. The Hall–Kier alpha value is -2.18. The highest BCUT2D eigenvalue weighted by Crippen LogP contribution is 2.39. The number of fused-ring (bicyclic) bond motifs is 1. The fraction of sp³-hybridized carbons (Fsp3) is 0.545. The number of piperidine rings is 1. The minimum absolute atomic E-state index is 0.247. The van der Waals surface area contributed by atoms with E-state index in [4.69, 9.17) is 4.74 Å². The maximum Gasteiger partial charge on any atom is 0.103 e. The topological polar surface area (TPSA) is 48.1 Å². The highest BCUT2D eigenvalue weighted by Gasteiger charge is 2.42. The molecule has 6 heteroatoms. The molecular formula is C22H29N5O. The zero-order valence-electron chi connectivity index (χ0n) is 17.2. The number of aryl methyl sites for hydroxylation is 2. The van der Waals surface area contributed by atoms with Crippen LogP contribution in [-0.4, -0.2) is 56.3 Å². The molecule has 0 saturated carbocycles. The van der Waals surface area contributed by atoms with E-state index in [1.54, 1.807) is 0 Å². The van der Waals surface area contributed by atoms with Gasteiger partial charge in [0.15, 0.2) is 0 Å². The SMILES string of the molecule is Cc1cc2cnn(-c3cnn(C)c3)c2cc1[C@H]1CCN(C2(C)COC2)C[C@@H]1C. The van der Waals surface area contributed by atoms with E-state index in [9.17, 15) is 0 Å². The van der Waals surface area contributed by atoms with E-state index in [1.165, 1.54) is 28.5 Å². The van der Waals surface area contributed by atoms with Crippen LogP contribution in [0, 0.1) is 12.8 Å². The van der Waals surface area contributed by atoms with Crippen LogP contribution in [0.25, 0.3) is 16.6 Å².